The van der Waals surface area contributed by atoms with E-state index in [2.05, 4.69) is 15.3 Å². The van der Waals surface area contributed by atoms with Crippen LogP contribution in [0.3, 0.4) is 0 Å². The van der Waals surface area contributed by atoms with E-state index in [0.29, 0.717) is 40.7 Å². The molecule has 0 unspecified atom stereocenters. The highest BCUT2D eigenvalue weighted by Gasteiger charge is 2.33. The number of nitrogen functional groups attached to an aromatic ring is 1. The van der Waals surface area contributed by atoms with Gasteiger partial charge >= 0.3 is 6.18 Å². The summed E-state index contributed by atoms with van der Waals surface area (Å²) in [5.41, 5.74) is 7.57. The lowest BCUT2D eigenvalue weighted by molar-refractivity contribution is -0.137. The van der Waals surface area contributed by atoms with Crippen molar-refractivity contribution in [2.45, 2.75) is 45.3 Å². The van der Waals surface area contributed by atoms with Crippen LogP contribution in [0.5, 0.6) is 0 Å². The third-order valence-electron chi connectivity index (χ3n) is 6.04. The number of amides is 1. The number of thiophene rings is 1. The Hall–Kier alpha value is -2.89. The molecule has 3 N–H and O–H groups in total. The summed E-state index contributed by atoms with van der Waals surface area (Å²) in [5.74, 6) is 0.251. The largest absolute Gasteiger partial charge is 0.416 e. The van der Waals surface area contributed by atoms with E-state index in [4.69, 9.17) is 22.1 Å². The summed E-state index contributed by atoms with van der Waals surface area (Å²) in [6, 6.07) is 4.74. The van der Waals surface area contributed by atoms with Crippen molar-refractivity contribution in [3.8, 4) is 0 Å². The number of hydrogen-bond donors (Lipinski definition) is 2. The number of hydrogen-bond acceptors (Lipinski definition) is 7. The SMILES string of the molecule is C[C@@H](Nc1nc(Cl)nc2c1CN(C(=O)c1cc3c(s1)CCOC3)C2)c1cc(N)cc(C(F)(F)F)c1. The number of benzene rings is 1. The highest BCUT2D eigenvalue weighted by molar-refractivity contribution is 7.14. The number of ether oxygens (including phenoxy) is 1. The number of carbonyl (C=O) groups excluding carboxylic acids is 1. The zero-order valence-corrected chi connectivity index (χ0v) is 20.2. The van der Waals surface area contributed by atoms with Crippen molar-refractivity contribution >= 4 is 40.4 Å². The molecular formula is C23H21ClF3N5O2S. The van der Waals surface area contributed by atoms with Crippen LogP contribution in [0.4, 0.5) is 24.7 Å². The Labute approximate surface area is 208 Å². The number of halogens is 4. The highest BCUT2D eigenvalue weighted by Crippen LogP contribution is 2.36. The molecule has 0 fully saturated rings. The first-order chi connectivity index (χ1) is 16.6. The Kier molecular flexibility index (Phi) is 6.10. The molecule has 1 aromatic carbocycles. The number of nitrogens with zero attached hydrogens (tertiary/aromatic N) is 3. The van der Waals surface area contributed by atoms with E-state index in [1.165, 1.54) is 17.4 Å². The fourth-order valence-corrected chi connectivity index (χ4v) is 5.58. The van der Waals surface area contributed by atoms with Gasteiger partial charge in [-0.15, -0.1) is 11.3 Å². The summed E-state index contributed by atoms with van der Waals surface area (Å²) in [6.07, 6.45) is -3.72. The van der Waals surface area contributed by atoms with Gasteiger partial charge in [0.2, 0.25) is 5.28 Å². The minimum Gasteiger partial charge on any atom is -0.399 e. The molecular weight excluding hydrogens is 503 g/mol. The Balaban J connectivity index is 1.38. The van der Waals surface area contributed by atoms with Crippen molar-refractivity contribution in [3.63, 3.8) is 0 Å². The molecule has 35 heavy (non-hydrogen) atoms. The van der Waals surface area contributed by atoms with Crippen molar-refractivity contribution in [1.29, 1.82) is 0 Å². The smallest absolute Gasteiger partial charge is 0.399 e. The van der Waals surface area contributed by atoms with E-state index in [1.54, 1.807) is 11.8 Å². The standard InChI is InChI=1S/C23H21ClF3N5O2S/c1-11(12-4-14(23(25,26)27)7-15(28)5-12)29-20-16-8-32(9-17(16)30-22(24)31-20)21(33)19-6-13-10-34-3-2-18(13)35-19/h4-7,11H,2-3,8-10,28H2,1H3,(H,29,30,31)/t11-/m1/s1. The first-order valence-corrected chi connectivity index (χ1v) is 12.1. The van der Waals surface area contributed by atoms with Crippen LogP contribution < -0.4 is 11.1 Å². The van der Waals surface area contributed by atoms with E-state index in [9.17, 15) is 18.0 Å². The number of nitrogens with two attached hydrogens (primary N) is 1. The topological polar surface area (TPSA) is 93.4 Å². The molecule has 1 atom stereocenters. The van der Waals surface area contributed by atoms with Gasteiger partial charge in [-0.3, -0.25) is 4.79 Å². The van der Waals surface area contributed by atoms with Crippen LogP contribution in [0.1, 0.15) is 55.5 Å². The normalized spacial score (nSPS) is 16.1. The summed E-state index contributed by atoms with van der Waals surface area (Å²) in [7, 11) is 0. The molecule has 0 aliphatic carbocycles. The lowest BCUT2D eigenvalue weighted by Gasteiger charge is -2.19. The average Bonchev–Trinajstić information content (AvgIpc) is 3.42. The maximum absolute atomic E-state index is 13.2. The van der Waals surface area contributed by atoms with E-state index in [1.807, 2.05) is 6.07 Å². The fourth-order valence-electron chi connectivity index (χ4n) is 4.27. The van der Waals surface area contributed by atoms with Crippen molar-refractivity contribution in [2.24, 2.45) is 0 Å². The zero-order chi connectivity index (χ0) is 24.9. The van der Waals surface area contributed by atoms with Gasteiger partial charge in [-0.2, -0.15) is 13.2 Å². The molecule has 1 amide bonds. The predicted molar refractivity (Wildman–Crippen MR) is 126 cm³/mol. The second kappa shape index (κ2) is 8.96. The molecule has 184 valence electrons. The van der Waals surface area contributed by atoms with Crippen molar-refractivity contribution in [1.82, 2.24) is 14.9 Å². The summed E-state index contributed by atoms with van der Waals surface area (Å²) in [4.78, 5) is 25.2. The molecule has 0 bridgehead atoms. The zero-order valence-electron chi connectivity index (χ0n) is 18.6. The van der Waals surface area contributed by atoms with Crippen LogP contribution in [0.25, 0.3) is 0 Å². The molecule has 0 spiro atoms. The molecule has 0 saturated heterocycles. The fraction of sp³-hybridized carbons (Fsp3) is 0.348. The third-order valence-corrected chi connectivity index (χ3v) is 7.43. The summed E-state index contributed by atoms with van der Waals surface area (Å²) >= 11 is 7.61. The Morgan fingerprint density at radius 3 is 2.80 bits per heavy atom. The molecule has 7 nitrogen and oxygen atoms in total. The molecule has 4 heterocycles. The number of rotatable bonds is 4. The number of anilines is 2. The highest BCUT2D eigenvalue weighted by atomic mass is 35.5. The minimum absolute atomic E-state index is 0.00948. The van der Waals surface area contributed by atoms with Crippen molar-refractivity contribution < 1.29 is 22.7 Å². The van der Waals surface area contributed by atoms with Crippen LogP contribution in [0.15, 0.2) is 24.3 Å². The van der Waals surface area contributed by atoms with Crippen molar-refractivity contribution in [3.05, 3.63) is 67.3 Å². The van der Waals surface area contributed by atoms with Gasteiger partial charge in [0.1, 0.15) is 5.82 Å². The molecule has 0 radical (unpaired) electrons. The molecule has 2 aliphatic heterocycles. The van der Waals surface area contributed by atoms with Crippen molar-refractivity contribution in [2.75, 3.05) is 17.7 Å². The van der Waals surface area contributed by atoms with Crippen LogP contribution in [-0.4, -0.2) is 27.4 Å². The van der Waals surface area contributed by atoms with E-state index >= 15 is 0 Å². The maximum Gasteiger partial charge on any atom is 0.416 e. The van der Waals surface area contributed by atoms with Gasteiger partial charge in [-0.1, -0.05) is 0 Å². The van der Waals surface area contributed by atoms with Crippen LogP contribution >= 0.6 is 22.9 Å². The molecule has 2 aromatic heterocycles. The van der Waals surface area contributed by atoms with E-state index in [-0.39, 0.29) is 30.0 Å². The first kappa shape index (κ1) is 23.8. The minimum atomic E-state index is -4.52. The van der Waals surface area contributed by atoms with Crippen LogP contribution in [-0.2, 0) is 37.0 Å². The van der Waals surface area contributed by atoms with Gasteiger partial charge in [0.15, 0.2) is 0 Å². The van der Waals surface area contributed by atoms with Gasteiger partial charge in [0.05, 0.1) is 48.5 Å². The van der Waals surface area contributed by atoms with Gasteiger partial charge < -0.3 is 20.7 Å². The Morgan fingerprint density at radius 1 is 1.26 bits per heavy atom. The van der Waals surface area contributed by atoms with Gasteiger partial charge in [0.25, 0.3) is 5.91 Å². The number of aromatic nitrogens is 2. The van der Waals surface area contributed by atoms with Crippen LogP contribution in [0.2, 0.25) is 5.28 Å². The van der Waals surface area contributed by atoms with Gasteiger partial charge in [0, 0.05) is 22.5 Å². The number of nitrogens with one attached hydrogen (secondary N) is 1. The first-order valence-electron chi connectivity index (χ1n) is 10.9. The quantitative estimate of drug-likeness (QED) is 0.361. The summed E-state index contributed by atoms with van der Waals surface area (Å²) in [5, 5.41) is 3.12. The second-order valence-corrected chi connectivity index (χ2v) is 10.0. The van der Waals surface area contributed by atoms with Gasteiger partial charge in [-0.05, 0) is 53.9 Å². The monoisotopic (exact) mass is 523 g/mol. The molecule has 12 heteroatoms. The number of carbonyl (C=O) groups is 1. The molecule has 2 aliphatic rings. The molecule has 0 saturated carbocycles. The van der Waals surface area contributed by atoms with E-state index < -0.39 is 17.8 Å². The van der Waals surface area contributed by atoms with Crippen LogP contribution in [0, 0.1) is 0 Å². The Bertz CT molecular complexity index is 1290. The number of fused-ring (bicyclic) bond motifs is 2. The van der Waals surface area contributed by atoms with E-state index in [0.717, 1.165) is 29.0 Å². The second-order valence-electron chi connectivity index (χ2n) is 8.54. The number of alkyl halides is 3. The predicted octanol–water partition coefficient (Wildman–Crippen LogP) is 5.19. The molecule has 5 rings (SSSR count). The summed E-state index contributed by atoms with van der Waals surface area (Å²) in [6.45, 7) is 3.37. The van der Waals surface area contributed by atoms with Gasteiger partial charge in [-0.25, -0.2) is 9.97 Å². The molecule has 3 aromatic rings. The lowest BCUT2D eigenvalue weighted by atomic mass is 10.0. The average molecular weight is 524 g/mol. The maximum atomic E-state index is 13.2. The third kappa shape index (κ3) is 4.80. The summed E-state index contributed by atoms with van der Waals surface area (Å²) < 4.78 is 45.2. The Morgan fingerprint density at radius 2 is 2.06 bits per heavy atom. The lowest BCUT2D eigenvalue weighted by Crippen LogP contribution is -2.24.